The number of nitrogens with zero attached hydrogens (tertiary/aromatic N) is 2. The summed E-state index contributed by atoms with van der Waals surface area (Å²) in [5.41, 5.74) is 3.19. The number of carbonyl (C=O) groups excluding carboxylic acids is 1. The Hall–Kier alpha value is -1.39. The van der Waals surface area contributed by atoms with Gasteiger partial charge in [-0.05, 0) is 61.4 Å². The van der Waals surface area contributed by atoms with E-state index < -0.39 is 9.23 Å². The van der Waals surface area contributed by atoms with Crippen molar-refractivity contribution in [3.63, 3.8) is 0 Å². The van der Waals surface area contributed by atoms with E-state index in [0.29, 0.717) is 11.1 Å². The molecule has 4 nitrogen and oxygen atoms in total. The molecule has 8 heteroatoms. The van der Waals surface area contributed by atoms with E-state index >= 15 is 0 Å². The van der Waals surface area contributed by atoms with Crippen LogP contribution in [0.25, 0.3) is 0 Å². The molecule has 1 aromatic heterocycles. The number of hydrogen-bond acceptors (Lipinski definition) is 4. The summed E-state index contributed by atoms with van der Waals surface area (Å²) in [6.45, 7) is 2.63. The molecule has 2 heterocycles. The Morgan fingerprint density at radius 2 is 2.04 bits per heavy atom. The minimum absolute atomic E-state index is 0.0316. The van der Waals surface area contributed by atoms with Crippen molar-refractivity contribution in [1.29, 1.82) is 5.26 Å². The Morgan fingerprint density at radius 3 is 2.68 bits per heavy atom. The third kappa shape index (κ3) is 5.29. The number of thiophene rings is 1. The molecular formula is C17H16Cl2N2O2S2. The molecule has 0 fully saturated rings. The Morgan fingerprint density at radius 1 is 1.32 bits per heavy atom. The Bertz CT molecular complexity index is 826. The summed E-state index contributed by atoms with van der Waals surface area (Å²) in [6, 6.07) is 9.48. The lowest BCUT2D eigenvalue weighted by atomic mass is 10.0. The maximum Gasteiger partial charge on any atom is 0.258 e. The summed E-state index contributed by atoms with van der Waals surface area (Å²) < 4.78 is 9.09. The van der Waals surface area contributed by atoms with Gasteiger partial charge in [-0.15, -0.1) is 11.3 Å². The van der Waals surface area contributed by atoms with Crippen LogP contribution in [0.15, 0.2) is 29.6 Å². The standard InChI is InChI=1S/C17H16N2OS.Cl2OS/c1-12-10-13(5-6-14(12)11-18)17(20)19-8-3-2-4-16-15(19)7-9-21-16;1-4(2)3/h5-7,9-10H,2-4,8H2,1H3;. The summed E-state index contributed by atoms with van der Waals surface area (Å²) in [7, 11) is 7.36. The molecule has 132 valence electrons. The fourth-order valence-corrected chi connectivity index (χ4v) is 3.65. The second-order valence-corrected chi connectivity index (χ2v) is 8.99. The number of nitriles is 1. The number of halogens is 2. The number of anilines is 1. The Kier molecular flexibility index (Phi) is 7.45. The topological polar surface area (TPSA) is 61.2 Å². The van der Waals surface area contributed by atoms with Gasteiger partial charge in [0.2, 0.25) is 9.23 Å². The number of fused-ring (bicyclic) bond motifs is 1. The van der Waals surface area contributed by atoms with E-state index in [0.717, 1.165) is 37.1 Å². The molecule has 0 saturated carbocycles. The molecule has 0 unspecified atom stereocenters. The van der Waals surface area contributed by atoms with Crippen LogP contribution in [0.4, 0.5) is 5.69 Å². The van der Waals surface area contributed by atoms with E-state index in [1.807, 2.05) is 24.0 Å². The van der Waals surface area contributed by atoms with Crippen molar-refractivity contribution < 1.29 is 9.00 Å². The number of hydrogen-bond donors (Lipinski definition) is 0. The lowest BCUT2D eigenvalue weighted by Crippen LogP contribution is -2.31. The van der Waals surface area contributed by atoms with Gasteiger partial charge in [0.15, 0.2) is 0 Å². The number of benzene rings is 1. The van der Waals surface area contributed by atoms with Gasteiger partial charge in [-0.1, -0.05) is 0 Å². The molecule has 0 N–H and O–H groups in total. The van der Waals surface area contributed by atoms with Gasteiger partial charge in [0.1, 0.15) is 0 Å². The van der Waals surface area contributed by atoms with Crippen LogP contribution in [-0.4, -0.2) is 16.7 Å². The van der Waals surface area contributed by atoms with Crippen LogP contribution >= 0.6 is 32.7 Å². The van der Waals surface area contributed by atoms with E-state index in [1.54, 1.807) is 23.5 Å². The van der Waals surface area contributed by atoms with Crippen LogP contribution in [0.3, 0.4) is 0 Å². The fourth-order valence-electron chi connectivity index (χ4n) is 2.73. The lowest BCUT2D eigenvalue weighted by molar-refractivity contribution is 0.0987. The molecule has 1 aliphatic heterocycles. The van der Waals surface area contributed by atoms with Crippen molar-refractivity contribution in [3.05, 3.63) is 51.2 Å². The third-order valence-electron chi connectivity index (χ3n) is 3.89. The van der Waals surface area contributed by atoms with Crippen LogP contribution in [0.1, 0.15) is 39.2 Å². The molecule has 0 spiro atoms. The minimum atomic E-state index is -1.67. The van der Waals surface area contributed by atoms with Crippen LogP contribution in [-0.2, 0) is 15.6 Å². The minimum Gasteiger partial charge on any atom is -0.307 e. The molecule has 0 atom stereocenters. The third-order valence-corrected chi connectivity index (χ3v) is 4.86. The maximum absolute atomic E-state index is 12.8. The van der Waals surface area contributed by atoms with Crippen LogP contribution < -0.4 is 4.90 Å². The maximum atomic E-state index is 12.8. The summed E-state index contributed by atoms with van der Waals surface area (Å²) in [5, 5.41) is 11.0. The van der Waals surface area contributed by atoms with Crippen LogP contribution in [0, 0.1) is 18.3 Å². The highest BCUT2D eigenvalue weighted by Crippen LogP contribution is 2.32. The van der Waals surface area contributed by atoms with Crippen LogP contribution in [0.2, 0.25) is 0 Å². The van der Waals surface area contributed by atoms with Gasteiger partial charge in [-0.2, -0.15) is 5.26 Å². The number of aryl methyl sites for hydroxylation is 2. The highest BCUT2D eigenvalue weighted by atomic mass is 36.0. The van der Waals surface area contributed by atoms with Gasteiger partial charge in [0.05, 0.1) is 17.3 Å². The quantitative estimate of drug-likeness (QED) is 0.619. The zero-order chi connectivity index (χ0) is 18.4. The van der Waals surface area contributed by atoms with Crippen molar-refractivity contribution in [1.82, 2.24) is 0 Å². The van der Waals surface area contributed by atoms with E-state index in [9.17, 15) is 4.79 Å². The second kappa shape index (κ2) is 9.35. The highest BCUT2D eigenvalue weighted by molar-refractivity contribution is 8.26. The predicted octanol–water partition coefficient (Wildman–Crippen LogP) is 4.95. The van der Waals surface area contributed by atoms with E-state index in [2.05, 4.69) is 32.8 Å². The van der Waals surface area contributed by atoms with E-state index in [1.165, 1.54) is 4.88 Å². The number of amides is 1. The highest BCUT2D eigenvalue weighted by Gasteiger charge is 2.23. The summed E-state index contributed by atoms with van der Waals surface area (Å²) in [5.74, 6) is 0.0316. The fraction of sp³-hybridized carbons (Fsp3) is 0.294. The first-order valence-corrected chi connectivity index (χ1v) is 11.3. The molecule has 1 aromatic carbocycles. The molecule has 2 aromatic rings. The Balaban J connectivity index is 0.000000511. The largest absolute Gasteiger partial charge is 0.307 e. The normalized spacial score (nSPS) is 13.3. The second-order valence-electron chi connectivity index (χ2n) is 5.47. The summed E-state index contributed by atoms with van der Waals surface area (Å²) in [6.07, 6.45) is 3.22. The molecular weight excluding hydrogens is 399 g/mol. The van der Waals surface area contributed by atoms with E-state index in [-0.39, 0.29) is 5.91 Å². The first-order valence-electron chi connectivity index (χ1n) is 7.57. The van der Waals surface area contributed by atoms with Gasteiger partial charge in [0.25, 0.3) is 5.91 Å². The monoisotopic (exact) mass is 414 g/mol. The Labute approximate surface area is 162 Å². The van der Waals surface area contributed by atoms with Gasteiger partial charge >= 0.3 is 0 Å². The number of rotatable bonds is 1. The SMILES string of the molecule is Cc1cc(C(=O)N2CCCCc3sccc32)ccc1C#N.O=S(Cl)Cl. The first-order chi connectivity index (χ1) is 11.9. The molecule has 0 aliphatic carbocycles. The predicted molar refractivity (Wildman–Crippen MR) is 105 cm³/mol. The average Bonchev–Trinajstić information content (AvgIpc) is 2.93. The number of carbonyl (C=O) groups is 1. The zero-order valence-corrected chi connectivity index (χ0v) is 16.6. The smallest absolute Gasteiger partial charge is 0.258 e. The molecule has 25 heavy (non-hydrogen) atoms. The van der Waals surface area contributed by atoms with Crippen molar-refractivity contribution >= 4 is 53.5 Å². The van der Waals surface area contributed by atoms with Gasteiger partial charge in [0, 0.05) is 38.4 Å². The van der Waals surface area contributed by atoms with E-state index in [4.69, 9.17) is 9.47 Å². The van der Waals surface area contributed by atoms with Crippen molar-refractivity contribution in [2.45, 2.75) is 26.2 Å². The van der Waals surface area contributed by atoms with Crippen molar-refractivity contribution in [3.8, 4) is 6.07 Å². The lowest BCUT2D eigenvalue weighted by Gasteiger charge is -2.21. The average molecular weight is 415 g/mol. The first kappa shape index (κ1) is 19.9. The molecule has 0 bridgehead atoms. The molecule has 1 aliphatic rings. The zero-order valence-electron chi connectivity index (χ0n) is 13.5. The molecule has 3 rings (SSSR count). The van der Waals surface area contributed by atoms with Crippen molar-refractivity contribution in [2.24, 2.45) is 0 Å². The molecule has 1 amide bonds. The molecule has 0 radical (unpaired) electrons. The van der Waals surface area contributed by atoms with Crippen molar-refractivity contribution in [2.75, 3.05) is 11.4 Å². The van der Waals surface area contributed by atoms with Gasteiger partial charge in [-0.3, -0.25) is 4.79 Å². The molecule has 0 saturated heterocycles. The summed E-state index contributed by atoms with van der Waals surface area (Å²) in [4.78, 5) is 16.0. The summed E-state index contributed by atoms with van der Waals surface area (Å²) >= 11 is 1.73. The van der Waals surface area contributed by atoms with Gasteiger partial charge in [-0.25, -0.2) is 4.21 Å². The van der Waals surface area contributed by atoms with Gasteiger partial charge < -0.3 is 4.90 Å². The van der Waals surface area contributed by atoms with Crippen LogP contribution in [0.5, 0.6) is 0 Å².